The lowest BCUT2D eigenvalue weighted by atomic mass is 10.1. The number of hydrogen-bond acceptors (Lipinski definition) is 4. The molecule has 2 amide bonds. The zero-order valence-electron chi connectivity index (χ0n) is 8.43. The Morgan fingerprint density at radius 3 is 2.53 bits per heavy atom. The smallest absolute Gasteiger partial charge is 0.257 e. The van der Waals surface area contributed by atoms with Crippen molar-refractivity contribution in [3.8, 4) is 0 Å². The molecule has 0 spiro atoms. The summed E-state index contributed by atoms with van der Waals surface area (Å²) >= 11 is 0. The Bertz CT molecular complexity index is 347. The minimum Gasteiger partial charge on any atom is -0.277 e. The second-order valence-electron chi connectivity index (χ2n) is 4.48. The minimum absolute atomic E-state index is 0.0399. The van der Waals surface area contributed by atoms with Crippen LogP contribution in [0.5, 0.6) is 0 Å². The molecule has 2 atom stereocenters. The Hall–Kier alpha value is -1.26. The van der Waals surface area contributed by atoms with Gasteiger partial charge in [0.05, 0.1) is 12.5 Å². The molecule has 1 saturated carbocycles. The molecule has 0 aromatic rings. The first kappa shape index (κ1) is 9.00. The summed E-state index contributed by atoms with van der Waals surface area (Å²) in [5.41, 5.74) is 0. The van der Waals surface area contributed by atoms with Crippen LogP contribution < -0.4 is 0 Å². The molecule has 2 heterocycles. The highest BCUT2D eigenvalue weighted by atomic mass is 16.2. The third kappa shape index (κ3) is 1.15. The van der Waals surface area contributed by atoms with Crippen molar-refractivity contribution < 1.29 is 9.59 Å². The van der Waals surface area contributed by atoms with Crippen molar-refractivity contribution in [1.82, 2.24) is 4.90 Å². The van der Waals surface area contributed by atoms with Gasteiger partial charge in [-0.1, -0.05) is 12.8 Å². The van der Waals surface area contributed by atoms with E-state index in [1.54, 1.807) is 0 Å². The number of fused-ring (bicyclic) bond motifs is 1. The van der Waals surface area contributed by atoms with E-state index < -0.39 is 6.04 Å². The Balaban J connectivity index is 1.87. The lowest BCUT2D eigenvalue weighted by Gasteiger charge is -2.21. The van der Waals surface area contributed by atoms with Crippen LogP contribution in [0.2, 0.25) is 0 Å². The van der Waals surface area contributed by atoms with Crippen LogP contribution in [-0.4, -0.2) is 35.3 Å². The first-order chi connectivity index (χ1) is 7.29. The largest absolute Gasteiger partial charge is 0.277 e. The van der Waals surface area contributed by atoms with Gasteiger partial charge in [0.15, 0.2) is 6.04 Å². The molecule has 80 valence electrons. The number of rotatable bonds is 1. The molecule has 3 rings (SSSR count). The van der Waals surface area contributed by atoms with Crippen molar-refractivity contribution in [2.75, 3.05) is 6.54 Å². The maximum Gasteiger partial charge on any atom is 0.257 e. The van der Waals surface area contributed by atoms with E-state index >= 15 is 0 Å². The molecule has 0 radical (unpaired) electrons. The van der Waals surface area contributed by atoms with Crippen LogP contribution >= 0.6 is 0 Å². The van der Waals surface area contributed by atoms with Crippen molar-refractivity contribution in [3.63, 3.8) is 0 Å². The van der Waals surface area contributed by atoms with Gasteiger partial charge in [-0.2, -0.15) is 10.2 Å². The summed E-state index contributed by atoms with van der Waals surface area (Å²) in [6, 6.07) is -0.344. The predicted molar refractivity (Wildman–Crippen MR) is 51.1 cm³/mol. The summed E-state index contributed by atoms with van der Waals surface area (Å²) in [5.74, 6) is -0.432. The van der Waals surface area contributed by atoms with Gasteiger partial charge >= 0.3 is 0 Å². The van der Waals surface area contributed by atoms with Gasteiger partial charge < -0.3 is 0 Å². The first-order valence-electron chi connectivity index (χ1n) is 5.52. The maximum atomic E-state index is 12.0. The highest BCUT2D eigenvalue weighted by Crippen LogP contribution is 2.34. The normalized spacial score (nSPS) is 35.6. The van der Waals surface area contributed by atoms with Gasteiger partial charge in [-0.3, -0.25) is 14.5 Å². The number of azo groups is 1. The van der Waals surface area contributed by atoms with E-state index in [2.05, 4.69) is 10.2 Å². The minimum atomic E-state index is -0.488. The van der Waals surface area contributed by atoms with Crippen LogP contribution in [0.15, 0.2) is 10.2 Å². The third-order valence-electron chi connectivity index (χ3n) is 3.60. The van der Waals surface area contributed by atoms with E-state index in [-0.39, 0.29) is 23.8 Å². The Morgan fingerprint density at radius 2 is 1.87 bits per heavy atom. The topological polar surface area (TPSA) is 62.1 Å². The Labute approximate surface area is 87.5 Å². The van der Waals surface area contributed by atoms with Crippen LogP contribution in [0.4, 0.5) is 0 Å². The van der Waals surface area contributed by atoms with Crippen LogP contribution in [0, 0.1) is 5.92 Å². The molecular formula is C10H13N3O2. The van der Waals surface area contributed by atoms with Gasteiger partial charge in [0.25, 0.3) is 5.91 Å². The van der Waals surface area contributed by atoms with Crippen LogP contribution in [0.3, 0.4) is 0 Å². The molecule has 1 aliphatic carbocycles. The average Bonchev–Trinajstić information content (AvgIpc) is 2.89. The fourth-order valence-electron chi connectivity index (χ4n) is 2.79. The molecule has 0 bridgehead atoms. The molecule has 5 heteroatoms. The van der Waals surface area contributed by atoms with Crippen molar-refractivity contribution in [1.29, 1.82) is 0 Å². The molecule has 0 N–H and O–H groups in total. The average molecular weight is 207 g/mol. The van der Waals surface area contributed by atoms with Gasteiger partial charge in [0, 0.05) is 6.04 Å². The van der Waals surface area contributed by atoms with Crippen molar-refractivity contribution in [3.05, 3.63) is 0 Å². The zero-order valence-corrected chi connectivity index (χ0v) is 8.43. The molecule has 0 aromatic carbocycles. The molecule has 0 unspecified atom stereocenters. The number of amides is 2. The second-order valence-corrected chi connectivity index (χ2v) is 4.48. The molecule has 2 aliphatic heterocycles. The number of likely N-dealkylation sites (tertiary alicyclic amines) is 1. The summed E-state index contributed by atoms with van der Waals surface area (Å²) in [4.78, 5) is 25.4. The monoisotopic (exact) mass is 207 g/mol. The molecule has 2 fully saturated rings. The summed E-state index contributed by atoms with van der Waals surface area (Å²) < 4.78 is 0. The first-order valence-corrected chi connectivity index (χ1v) is 5.52. The van der Waals surface area contributed by atoms with Gasteiger partial charge in [-0.15, -0.1) is 0 Å². The van der Waals surface area contributed by atoms with E-state index in [4.69, 9.17) is 0 Å². The molecule has 5 nitrogen and oxygen atoms in total. The molecular weight excluding hydrogens is 194 g/mol. The number of imide groups is 1. The summed E-state index contributed by atoms with van der Waals surface area (Å²) in [7, 11) is 0. The molecule has 0 aromatic heterocycles. The van der Waals surface area contributed by atoms with Crippen molar-refractivity contribution >= 4 is 11.8 Å². The lowest BCUT2D eigenvalue weighted by Crippen LogP contribution is -2.39. The van der Waals surface area contributed by atoms with E-state index in [0.29, 0.717) is 6.54 Å². The molecule has 3 aliphatic rings. The van der Waals surface area contributed by atoms with Crippen molar-refractivity contribution in [2.45, 2.75) is 37.8 Å². The lowest BCUT2D eigenvalue weighted by molar-refractivity contribution is -0.142. The highest BCUT2D eigenvalue weighted by molar-refractivity contribution is 6.07. The van der Waals surface area contributed by atoms with Crippen LogP contribution in [0.25, 0.3) is 0 Å². The fourth-order valence-corrected chi connectivity index (χ4v) is 2.79. The van der Waals surface area contributed by atoms with E-state index in [0.717, 1.165) is 25.7 Å². The zero-order chi connectivity index (χ0) is 10.4. The predicted octanol–water partition coefficient (Wildman–Crippen LogP) is 0.748. The fraction of sp³-hybridized carbons (Fsp3) is 0.800. The number of carbonyl (C=O) groups excluding carboxylic acids is 2. The van der Waals surface area contributed by atoms with Crippen LogP contribution in [-0.2, 0) is 9.59 Å². The van der Waals surface area contributed by atoms with Crippen LogP contribution in [0.1, 0.15) is 25.7 Å². The SMILES string of the molecule is O=C1[C@H]2N=NC[C@H]2C(=O)N1C1CCCC1. The summed E-state index contributed by atoms with van der Waals surface area (Å²) in [6.45, 7) is 0.401. The quantitative estimate of drug-likeness (QED) is 0.595. The van der Waals surface area contributed by atoms with Gasteiger partial charge in [0.1, 0.15) is 0 Å². The van der Waals surface area contributed by atoms with Gasteiger partial charge in [-0.25, -0.2) is 0 Å². The maximum absolute atomic E-state index is 12.0. The summed E-state index contributed by atoms with van der Waals surface area (Å²) in [5, 5.41) is 7.65. The highest BCUT2D eigenvalue weighted by Gasteiger charge is 2.52. The van der Waals surface area contributed by atoms with E-state index in [9.17, 15) is 9.59 Å². The van der Waals surface area contributed by atoms with Gasteiger partial charge in [0.2, 0.25) is 5.91 Å². The van der Waals surface area contributed by atoms with Gasteiger partial charge in [-0.05, 0) is 12.8 Å². The number of hydrogen-bond donors (Lipinski definition) is 0. The molecule has 1 saturated heterocycles. The van der Waals surface area contributed by atoms with Crippen molar-refractivity contribution in [2.24, 2.45) is 16.1 Å². The Kier molecular flexibility index (Phi) is 1.87. The molecule has 15 heavy (non-hydrogen) atoms. The third-order valence-corrected chi connectivity index (χ3v) is 3.60. The standard InChI is InChI=1S/C10H13N3O2/c14-9-7-5-11-12-8(7)10(15)13(9)6-3-1-2-4-6/h6-8H,1-5H2/t7-,8+/m1/s1. The van der Waals surface area contributed by atoms with E-state index in [1.165, 1.54) is 4.90 Å². The number of nitrogens with zero attached hydrogens (tertiary/aromatic N) is 3. The Morgan fingerprint density at radius 1 is 1.13 bits per heavy atom. The summed E-state index contributed by atoms with van der Waals surface area (Å²) in [6.07, 6.45) is 4.18. The van der Waals surface area contributed by atoms with E-state index in [1.807, 2.05) is 0 Å². The number of carbonyl (C=O) groups is 2. The second kappa shape index (κ2) is 3.12.